The first-order valence-corrected chi connectivity index (χ1v) is 9.90. The van der Waals surface area contributed by atoms with Gasteiger partial charge in [0.1, 0.15) is 10.7 Å². The quantitative estimate of drug-likeness (QED) is 0.808. The lowest BCUT2D eigenvalue weighted by atomic mass is 10.1. The maximum atomic E-state index is 12.7. The van der Waals surface area contributed by atoms with Crippen molar-refractivity contribution >= 4 is 27.6 Å². The van der Waals surface area contributed by atoms with Gasteiger partial charge < -0.3 is 14.8 Å². The fourth-order valence-electron chi connectivity index (χ4n) is 3.02. The van der Waals surface area contributed by atoms with Crippen LogP contribution in [0.1, 0.15) is 45.1 Å². The number of amides is 1. The Kier molecular flexibility index (Phi) is 5.07. The predicted molar refractivity (Wildman–Crippen MR) is 97.5 cm³/mol. The molecule has 2 aromatic rings. The summed E-state index contributed by atoms with van der Waals surface area (Å²) in [7, 11) is -3.70. The number of hydrogen-bond donors (Lipinski definition) is 2. The van der Waals surface area contributed by atoms with E-state index in [1.54, 1.807) is 19.1 Å². The van der Waals surface area contributed by atoms with Crippen LogP contribution in [-0.4, -0.2) is 42.8 Å². The maximum absolute atomic E-state index is 12.7. The summed E-state index contributed by atoms with van der Waals surface area (Å²) in [5.74, 6) is -1.76. The Balaban J connectivity index is 1.84. The number of benzene rings is 1. The van der Waals surface area contributed by atoms with Gasteiger partial charge >= 0.3 is 5.97 Å². The van der Waals surface area contributed by atoms with Crippen molar-refractivity contribution in [1.82, 2.24) is 4.31 Å². The standard InChI is InChI=1S/C18H20N2O6S/c1-11-5-6-13(9-14(11)18(22)23)19-17(21)15-10-16(12(2)26-15)27(24,25)20-7-3-4-8-20/h5-6,9-10H,3-4,7-8H2,1-2H3,(H,19,21)(H,22,23). The molecule has 0 atom stereocenters. The van der Waals surface area contributed by atoms with Gasteiger partial charge in [-0.2, -0.15) is 4.31 Å². The van der Waals surface area contributed by atoms with Crippen molar-refractivity contribution in [3.8, 4) is 0 Å². The van der Waals surface area contributed by atoms with Gasteiger partial charge in [0.05, 0.1) is 5.56 Å². The number of hydrogen-bond acceptors (Lipinski definition) is 5. The number of aryl methyl sites for hydroxylation is 2. The van der Waals surface area contributed by atoms with Crippen LogP contribution in [0.15, 0.2) is 33.6 Å². The molecule has 1 aromatic carbocycles. The molecular weight excluding hydrogens is 372 g/mol. The van der Waals surface area contributed by atoms with Crippen molar-refractivity contribution < 1.29 is 27.5 Å². The Morgan fingerprint density at radius 2 is 1.81 bits per heavy atom. The highest BCUT2D eigenvalue weighted by Crippen LogP contribution is 2.27. The zero-order valence-electron chi connectivity index (χ0n) is 15.0. The van der Waals surface area contributed by atoms with E-state index < -0.39 is 21.9 Å². The lowest BCUT2D eigenvalue weighted by molar-refractivity contribution is 0.0695. The number of carboxylic acids is 1. The van der Waals surface area contributed by atoms with E-state index >= 15 is 0 Å². The molecule has 2 N–H and O–H groups in total. The van der Waals surface area contributed by atoms with Gasteiger partial charge in [0.2, 0.25) is 10.0 Å². The third-order valence-corrected chi connectivity index (χ3v) is 6.51. The number of sulfonamides is 1. The van der Waals surface area contributed by atoms with Gasteiger partial charge in [-0.3, -0.25) is 4.79 Å². The largest absolute Gasteiger partial charge is 0.478 e. The third kappa shape index (κ3) is 3.74. The van der Waals surface area contributed by atoms with Gasteiger partial charge in [-0.05, 0) is 44.4 Å². The van der Waals surface area contributed by atoms with Gasteiger partial charge in [-0.1, -0.05) is 6.07 Å². The molecular formula is C18H20N2O6S. The van der Waals surface area contributed by atoms with Crippen LogP contribution in [0, 0.1) is 13.8 Å². The van der Waals surface area contributed by atoms with Crippen LogP contribution >= 0.6 is 0 Å². The van der Waals surface area contributed by atoms with Crippen molar-refractivity contribution in [1.29, 1.82) is 0 Å². The molecule has 9 heteroatoms. The van der Waals surface area contributed by atoms with E-state index in [9.17, 15) is 23.1 Å². The Morgan fingerprint density at radius 1 is 1.15 bits per heavy atom. The summed E-state index contributed by atoms with van der Waals surface area (Å²) in [6.07, 6.45) is 1.62. The number of anilines is 1. The molecule has 1 aliphatic heterocycles. The second-order valence-corrected chi connectivity index (χ2v) is 8.34. The summed E-state index contributed by atoms with van der Waals surface area (Å²) in [6.45, 7) is 4.06. The van der Waals surface area contributed by atoms with Crippen LogP contribution in [0.5, 0.6) is 0 Å². The Morgan fingerprint density at radius 3 is 2.44 bits per heavy atom. The molecule has 2 heterocycles. The molecule has 0 saturated carbocycles. The summed E-state index contributed by atoms with van der Waals surface area (Å²) in [4.78, 5) is 23.6. The Hall–Kier alpha value is -2.65. The molecule has 1 aliphatic rings. The number of nitrogens with zero attached hydrogens (tertiary/aromatic N) is 1. The van der Waals surface area contributed by atoms with E-state index in [1.165, 1.54) is 23.4 Å². The molecule has 1 amide bonds. The van der Waals surface area contributed by atoms with Crippen molar-refractivity contribution in [3.63, 3.8) is 0 Å². The number of carbonyl (C=O) groups is 2. The number of rotatable bonds is 5. The predicted octanol–water partition coefficient (Wildman–Crippen LogP) is 2.63. The molecule has 1 aromatic heterocycles. The van der Waals surface area contributed by atoms with Crippen LogP contribution in [0.2, 0.25) is 0 Å². The van der Waals surface area contributed by atoms with E-state index in [0.29, 0.717) is 18.7 Å². The van der Waals surface area contributed by atoms with Crippen LogP contribution < -0.4 is 5.32 Å². The summed E-state index contributed by atoms with van der Waals surface area (Å²) in [6, 6.07) is 5.70. The van der Waals surface area contributed by atoms with E-state index in [0.717, 1.165) is 12.8 Å². The molecule has 1 fully saturated rings. The van der Waals surface area contributed by atoms with Crippen LogP contribution in [0.25, 0.3) is 0 Å². The second-order valence-electron chi connectivity index (χ2n) is 6.43. The van der Waals surface area contributed by atoms with E-state index in [4.69, 9.17) is 4.42 Å². The fraction of sp³-hybridized carbons (Fsp3) is 0.333. The summed E-state index contributed by atoms with van der Waals surface area (Å²) in [5, 5.41) is 11.7. The fourth-order valence-corrected chi connectivity index (χ4v) is 4.70. The normalized spacial score (nSPS) is 15.0. The Bertz CT molecular complexity index is 1000. The first kappa shape index (κ1) is 19.1. The van der Waals surface area contributed by atoms with Crippen LogP contribution in [0.3, 0.4) is 0 Å². The lowest BCUT2D eigenvalue weighted by Gasteiger charge is -2.14. The first-order chi connectivity index (χ1) is 12.7. The molecule has 3 rings (SSSR count). The molecule has 27 heavy (non-hydrogen) atoms. The number of aromatic carboxylic acids is 1. The zero-order chi connectivity index (χ0) is 19.8. The van der Waals surface area contributed by atoms with Gasteiger partial charge in [-0.15, -0.1) is 0 Å². The SMILES string of the molecule is Cc1ccc(NC(=O)c2cc(S(=O)(=O)N3CCCC3)c(C)o2)cc1C(=O)O. The zero-order valence-corrected chi connectivity index (χ0v) is 15.8. The number of carboxylic acid groups (broad SMARTS) is 1. The number of furan rings is 1. The summed E-state index contributed by atoms with van der Waals surface area (Å²) < 4.78 is 32.1. The third-order valence-electron chi connectivity index (χ3n) is 4.50. The molecule has 0 unspecified atom stereocenters. The highest BCUT2D eigenvalue weighted by molar-refractivity contribution is 7.89. The smallest absolute Gasteiger partial charge is 0.336 e. The molecule has 8 nitrogen and oxygen atoms in total. The topological polar surface area (TPSA) is 117 Å². The van der Waals surface area contributed by atoms with Crippen molar-refractivity contribution in [2.75, 3.05) is 18.4 Å². The van der Waals surface area contributed by atoms with Gasteiger partial charge in [0.25, 0.3) is 5.91 Å². The van der Waals surface area contributed by atoms with Gasteiger partial charge in [0, 0.05) is 24.8 Å². The highest BCUT2D eigenvalue weighted by Gasteiger charge is 2.31. The molecule has 1 saturated heterocycles. The average Bonchev–Trinajstić information content (AvgIpc) is 3.26. The van der Waals surface area contributed by atoms with Crippen molar-refractivity contribution in [2.45, 2.75) is 31.6 Å². The van der Waals surface area contributed by atoms with Gasteiger partial charge in [0.15, 0.2) is 5.76 Å². The van der Waals surface area contributed by atoms with Crippen molar-refractivity contribution in [2.24, 2.45) is 0 Å². The minimum Gasteiger partial charge on any atom is -0.478 e. The number of carbonyl (C=O) groups excluding carboxylic acids is 1. The molecule has 0 radical (unpaired) electrons. The first-order valence-electron chi connectivity index (χ1n) is 8.46. The second kappa shape index (κ2) is 7.16. The molecule has 0 aliphatic carbocycles. The van der Waals surface area contributed by atoms with E-state index in [1.807, 2.05) is 0 Å². The van der Waals surface area contributed by atoms with Crippen LogP contribution in [-0.2, 0) is 10.0 Å². The number of nitrogens with one attached hydrogen (secondary N) is 1. The minimum absolute atomic E-state index is 0.0234. The van der Waals surface area contributed by atoms with Crippen LogP contribution in [0.4, 0.5) is 5.69 Å². The maximum Gasteiger partial charge on any atom is 0.336 e. The average molecular weight is 392 g/mol. The summed E-state index contributed by atoms with van der Waals surface area (Å²) in [5.41, 5.74) is 0.912. The highest BCUT2D eigenvalue weighted by atomic mass is 32.2. The lowest BCUT2D eigenvalue weighted by Crippen LogP contribution is -2.28. The Labute approximate surface area is 156 Å². The minimum atomic E-state index is -3.70. The monoisotopic (exact) mass is 392 g/mol. The van der Waals surface area contributed by atoms with E-state index in [2.05, 4.69) is 5.32 Å². The van der Waals surface area contributed by atoms with Crippen molar-refractivity contribution in [3.05, 3.63) is 46.9 Å². The van der Waals surface area contributed by atoms with E-state index in [-0.39, 0.29) is 27.7 Å². The molecule has 0 bridgehead atoms. The summed E-state index contributed by atoms with van der Waals surface area (Å²) >= 11 is 0. The molecule has 0 spiro atoms. The van der Waals surface area contributed by atoms with Gasteiger partial charge in [-0.25, -0.2) is 13.2 Å². The molecule has 144 valence electrons.